The minimum atomic E-state index is -0.112. The van der Waals surface area contributed by atoms with E-state index >= 15 is 0 Å². The number of halogens is 1. The Morgan fingerprint density at radius 3 is 2.73 bits per heavy atom. The molecule has 0 aromatic heterocycles. The summed E-state index contributed by atoms with van der Waals surface area (Å²) in [7, 11) is 0. The average molecular weight is 363 g/mol. The number of hydrogen-bond donors (Lipinski definition) is 0. The second-order valence-electron chi connectivity index (χ2n) is 5.34. The van der Waals surface area contributed by atoms with E-state index in [0.717, 1.165) is 33.5 Å². The lowest BCUT2D eigenvalue weighted by molar-refractivity contribution is 0.174. The van der Waals surface area contributed by atoms with Crippen LogP contribution in [0.25, 0.3) is 0 Å². The van der Waals surface area contributed by atoms with Crippen molar-refractivity contribution in [3.8, 4) is 11.5 Å². The van der Waals surface area contributed by atoms with Crippen LogP contribution in [0.5, 0.6) is 11.5 Å². The molecule has 2 aromatic carbocycles. The molecular weight excluding hydrogens is 344 g/mol. The molecule has 1 atom stereocenters. The van der Waals surface area contributed by atoms with Crippen LogP contribution in [0.15, 0.2) is 40.9 Å². The fourth-order valence-electron chi connectivity index (χ4n) is 2.28. The molecule has 1 unspecified atom stereocenters. The predicted octanol–water partition coefficient (Wildman–Crippen LogP) is 4.63. The molecule has 0 radical (unpaired) electrons. The minimum Gasteiger partial charge on any atom is -0.488 e. The fraction of sp³-hybridized carbons (Fsp3) is 0.333. The number of benzene rings is 2. The first kappa shape index (κ1) is 15.4. The number of ether oxygens (including phenoxy) is 3. The van der Waals surface area contributed by atoms with Gasteiger partial charge in [0, 0.05) is 10.0 Å². The molecule has 1 heterocycles. The maximum Gasteiger partial charge on any atom is 0.223 e. The van der Waals surface area contributed by atoms with Gasteiger partial charge >= 0.3 is 0 Å². The van der Waals surface area contributed by atoms with E-state index in [0.29, 0.717) is 13.2 Å². The molecule has 0 amide bonds. The van der Waals surface area contributed by atoms with Gasteiger partial charge in [-0.3, -0.25) is 0 Å². The van der Waals surface area contributed by atoms with Gasteiger partial charge in [0.1, 0.15) is 24.7 Å². The molecule has 1 aliphatic rings. The van der Waals surface area contributed by atoms with Gasteiger partial charge < -0.3 is 14.2 Å². The Bertz CT molecular complexity index is 665. The van der Waals surface area contributed by atoms with Crippen molar-refractivity contribution in [2.75, 3.05) is 6.61 Å². The highest BCUT2D eigenvalue weighted by Crippen LogP contribution is 2.31. The molecule has 2 aromatic rings. The highest BCUT2D eigenvalue weighted by molar-refractivity contribution is 9.10. The predicted molar refractivity (Wildman–Crippen MR) is 89.4 cm³/mol. The van der Waals surface area contributed by atoms with Crippen molar-refractivity contribution in [3.63, 3.8) is 0 Å². The van der Waals surface area contributed by atoms with E-state index in [4.69, 9.17) is 14.2 Å². The molecular formula is C18H19BrO3. The van der Waals surface area contributed by atoms with E-state index in [1.807, 2.05) is 24.3 Å². The fourth-order valence-corrected chi connectivity index (χ4v) is 2.74. The van der Waals surface area contributed by atoms with Gasteiger partial charge in [-0.2, -0.15) is 0 Å². The maximum atomic E-state index is 5.99. The molecule has 1 saturated heterocycles. The summed E-state index contributed by atoms with van der Waals surface area (Å²) in [6.45, 7) is 5.34. The number of epoxide rings is 1. The van der Waals surface area contributed by atoms with E-state index in [9.17, 15) is 0 Å². The summed E-state index contributed by atoms with van der Waals surface area (Å²) in [5, 5.41) is 0. The van der Waals surface area contributed by atoms with Crippen molar-refractivity contribution < 1.29 is 14.2 Å². The third-order valence-electron chi connectivity index (χ3n) is 3.66. The Morgan fingerprint density at radius 2 is 2.05 bits per heavy atom. The number of rotatable bonds is 6. The van der Waals surface area contributed by atoms with Gasteiger partial charge in [-0.25, -0.2) is 0 Å². The standard InChI is InChI=1S/C18H19BrO3/c1-3-13-7-8-16(12(2)9-13)20-10-14-15(19)5-4-6-17(14)22-18-11-21-18/h4-9,18H,3,10-11H2,1-2H3. The van der Waals surface area contributed by atoms with Crippen LogP contribution in [-0.4, -0.2) is 12.9 Å². The number of aryl methyl sites for hydroxylation is 2. The molecule has 3 nitrogen and oxygen atoms in total. The van der Waals surface area contributed by atoms with Gasteiger partial charge in [0.2, 0.25) is 6.29 Å². The molecule has 0 bridgehead atoms. The Morgan fingerprint density at radius 1 is 1.23 bits per heavy atom. The lowest BCUT2D eigenvalue weighted by atomic mass is 10.1. The zero-order valence-corrected chi connectivity index (χ0v) is 14.4. The Hall–Kier alpha value is -1.52. The van der Waals surface area contributed by atoms with Crippen molar-refractivity contribution in [1.29, 1.82) is 0 Å². The third kappa shape index (κ3) is 3.62. The van der Waals surface area contributed by atoms with Crippen LogP contribution in [0.4, 0.5) is 0 Å². The molecule has 116 valence electrons. The summed E-state index contributed by atoms with van der Waals surface area (Å²) >= 11 is 3.57. The highest BCUT2D eigenvalue weighted by atomic mass is 79.9. The van der Waals surface area contributed by atoms with Gasteiger partial charge in [0.05, 0.1) is 0 Å². The highest BCUT2D eigenvalue weighted by Gasteiger charge is 2.26. The zero-order valence-electron chi connectivity index (χ0n) is 12.8. The van der Waals surface area contributed by atoms with Gasteiger partial charge in [-0.05, 0) is 42.7 Å². The van der Waals surface area contributed by atoms with Gasteiger partial charge in [0.15, 0.2) is 0 Å². The van der Waals surface area contributed by atoms with Crippen LogP contribution in [0.2, 0.25) is 0 Å². The van der Waals surface area contributed by atoms with Crippen molar-refractivity contribution >= 4 is 15.9 Å². The Balaban J connectivity index is 1.75. The molecule has 0 aliphatic carbocycles. The lowest BCUT2D eigenvalue weighted by Gasteiger charge is -2.14. The summed E-state index contributed by atoms with van der Waals surface area (Å²) < 4.78 is 17.9. The second kappa shape index (κ2) is 6.71. The molecule has 0 N–H and O–H groups in total. The van der Waals surface area contributed by atoms with Crippen LogP contribution < -0.4 is 9.47 Å². The van der Waals surface area contributed by atoms with E-state index in [1.165, 1.54) is 5.56 Å². The SMILES string of the molecule is CCc1ccc(OCc2c(Br)cccc2OC2CO2)c(C)c1. The number of hydrogen-bond acceptors (Lipinski definition) is 3. The molecule has 4 heteroatoms. The van der Waals surface area contributed by atoms with Crippen molar-refractivity contribution in [2.45, 2.75) is 33.2 Å². The van der Waals surface area contributed by atoms with Crippen LogP contribution >= 0.6 is 15.9 Å². The summed E-state index contributed by atoms with van der Waals surface area (Å²) in [4.78, 5) is 0. The van der Waals surface area contributed by atoms with E-state index in [2.05, 4.69) is 41.9 Å². The second-order valence-corrected chi connectivity index (χ2v) is 6.19. The van der Waals surface area contributed by atoms with Crippen LogP contribution in [0, 0.1) is 6.92 Å². The first-order valence-corrected chi connectivity index (χ1v) is 8.24. The van der Waals surface area contributed by atoms with E-state index in [-0.39, 0.29) is 6.29 Å². The molecule has 0 spiro atoms. The quantitative estimate of drug-likeness (QED) is 0.701. The normalized spacial score (nSPS) is 16.4. The van der Waals surface area contributed by atoms with E-state index < -0.39 is 0 Å². The Kier molecular flexibility index (Phi) is 4.69. The third-order valence-corrected chi connectivity index (χ3v) is 4.40. The Labute approximate surface area is 139 Å². The summed E-state index contributed by atoms with van der Waals surface area (Å²) in [5.41, 5.74) is 3.47. The van der Waals surface area contributed by atoms with Gasteiger partial charge in [0.25, 0.3) is 0 Å². The van der Waals surface area contributed by atoms with Crippen molar-refractivity contribution in [3.05, 3.63) is 57.6 Å². The van der Waals surface area contributed by atoms with Gasteiger partial charge in [-0.1, -0.05) is 41.1 Å². The topological polar surface area (TPSA) is 31.0 Å². The summed E-state index contributed by atoms with van der Waals surface area (Å²) in [6.07, 6.45) is 0.920. The van der Waals surface area contributed by atoms with Gasteiger partial charge in [-0.15, -0.1) is 0 Å². The smallest absolute Gasteiger partial charge is 0.223 e. The first-order valence-electron chi connectivity index (χ1n) is 7.45. The van der Waals surface area contributed by atoms with Crippen LogP contribution in [0.3, 0.4) is 0 Å². The summed E-state index contributed by atoms with van der Waals surface area (Å²) in [5.74, 6) is 1.71. The van der Waals surface area contributed by atoms with Crippen molar-refractivity contribution in [1.82, 2.24) is 0 Å². The largest absolute Gasteiger partial charge is 0.488 e. The molecule has 1 fully saturated rings. The van der Waals surface area contributed by atoms with Crippen LogP contribution in [-0.2, 0) is 17.8 Å². The molecule has 22 heavy (non-hydrogen) atoms. The average Bonchev–Trinajstić information content (AvgIpc) is 3.32. The molecule has 0 saturated carbocycles. The summed E-state index contributed by atoms with van der Waals surface area (Å²) in [6, 6.07) is 12.2. The van der Waals surface area contributed by atoms with Crippen LogP contribution in [0.1, 0.15) is 23.6 Å². The zero-order chi connectivity index (χ0) is 15.5. The lowest BCUT2D eigenvalue weighted by Crippen LogP contribution is -2.05. The first-order chi connectivity index (χ1) is 10.7. The minimum absolute atomic E-state index is 0.112. The molecule has 3 rings (SSSR count). The van der Waals surface area contributed by atoms with E-state index in [1.54, 1.807) is 0 Å². The van der Waals surface area contributed by atoms with Crippen molar-refractivity contribution in [2.24, 2.45) is 0 Å². The monoisotopic (exact) mass is 362 g/mol. The molecule has 1 aliphatic heterocycles. The maximum absolute atomic E-state index is 5.99.